The van der Waals surface area contributed by atoms with Gasteiger partial charge in [0.2, 0.25) is 5.91 Å². The highest BCUT2D eigenvalue weighted by Gasteiger charge is 2.31. The van der Waals surface area contributed by atoms with Crippen LogP contribution in [0.1, 0.15) is 59.8 Å². The number of rotatable bonds is 5. The molecule has 0 bridgehead atoms. The topological polar surface area (TPSA) is 55.1 Å². The van der Waals surface area contributed by atoms with E-state index in [1.807, 2.05) is 0 Å². The van der Waals surface area contributed by atoms with Crippen molar-refractivity contribution in [2.45, 2.75) is 71.9 Å². The Morgan fingerprint density at radius 1 is 1.28 bits per heavy atom. The first-order valence-electron chi connectivity index (χ1n) is 7.46. The third-order valence-electron chi connectivity index (χ3n) is 4.11. The van der Waals surface area contributed by atoms with Crippen LogP contribution in [0.5, 0.6) is 0 Å². The van der Waals surface area contributed by atoms with E-state index in [1.165, 1.54) is 6.42 Å². The minimum absolute atomic E-state index is 0.172. The van der Waals surface area contributed by atoms with Crippen LogP contribution in [0.3, 0.4) is 0 Å². The fourth-order valence-corrected chi connectivity index (χ4v) is 2.83. The first kappa shape index (κ1) is 15.5. The summed E-state index contributed by atoms with van der Waals surface area (Å²) in [5, 5.41) is 3.17. The summed E-state index contributed by atoms with van der Waals surface area (Å²) in [6.07, 6.45) is 5.17. The van der Waals surface area contributed by atoms with Gasteiger partial charge in [-0.2, -0.15) is 0 Å². The molecule has 1 aliphatic carbocycles. The molecule has 0 aliphatic heterocycles. The Morgan fingerprint density at radius 3 is 2.50 bits per heavy atom. The van der Waals surface area contributed by atoms with Gasteiger partial charge in [-0.15, -0.1) is 0 Å². The Kier molecular flexibility index (Phi) is 6.13. The van der Waals surface area contributed by atoms with Gasteiger partial charge in [-0.25, -0.2) is 0 Å². The van der Waals surface area contributed by atoms with Crippen LogP contribution in [0.2, 0.25) is 0 Å². The monoisotopic (exact) mass is 254 g/mol. The van der Waals surface area contributed by atoms with Crippen molar-refractivity contribution < 1.29 is 4.79 Å². The molecule has 4 atom stereocenters. The lowest BCUT2D eigenvalue weighted by atomic mass is 9.77. The van der Waals surface area contributed by atoms with Gasteiger partial charge in [0, 0.05) is 18.0 Å². The zero-order chi connectivity index (χ0) is 13.7. The Labute approximate surface area is 112 Å². The number of hydrogen-bond donors (Lipinski definition) is 2. The van der Waals surface area contributed by atoms with E-state index in [-0.39, 0.29) is 11.8 Å². The molecule has 1 fully saturated rings. The molecule has 1 amide bonds. The quantitative estimate of drug-likeness (QED) is 0.792. The van der Waals surface area contributed by atoms with Gasteiger partial charge >= 0.3 is 0 Å². The van der Waals surface area contributed by atoms with Gasteiger partial charge in [-0.3, -0.25) is 4.79 Å². The molecule has 1 rings (SSSR count). The lowest BCUT2D eigenvalue weighted by Crippen LogP contribution is -2.43. The van der Waals surface area contributed by atoms with E-state index in [0.29, 0.717) is 23.9 Å². The number of nitrogens with two attached hydrogens (primary N) is 1. The van der Waals surface area contributed by atoms with E-state index in [9.17, 15) is 4.79 Å². The molecule has 0 saturated heterocycles. The summed E-state index contributed by atoms with van der Waals surface area (Å²) in [4.78, 5) is 12.2. The standard InChI is InChI=1S/C15H30N2O/c1-10(2)5-6-12(4)17-15(18)14-8-7-13(16)9-11(14)3/h10-14H,5-9,16H2,1-4H3,(H,17,18). The lowest BCUT2D eigenvalue weighted by molar-refractivity contribution is -0.128. The van der Waals surface area contributed by atoms with Crippen LogP contribution in [0.4, 0.5) is 0 Å². The van der Waals surface area contributed by atoms with Crippen LogP contribution in [0.25, 0.3) is 0 Å². The summed E-state index contributed by atoms with van der Waals surface area (Å²) in [6, 6.07) is 0.588. The molecule has 0 aromatic rings. The van der Waals surface area contributed by atoms with Crippen molar-refractivity contribution in [1.29, 1.82) is 0 Å². The van der Waals surface area contributed by atoms with Crippen molar-refractivity contribution in [1.82, 2.24) is 5.32 Å². The second-order valence-electron chi connectivity index (χ2n) is 6.54. The van der Waals surface area contributed by atoms with Gasteiger partial charge in [0.15, 0.2) is 0 Å². The predicted octanol–water partition coefficient (Wildman–Crippen LogP) is 2.69. The second kappa shape index (κ2) is 7.13. The minimum Gasteiger partial charge on any atom is -0.353 e. The summed E-state index contributed by atoms with van der Waals surface area (Å²) in [7, 11) is 0. The first-order chi connectivity index (χ1) is 8.40. The normalized spacial score (nSPS) is 30.2. The Morgan fingerprint density at radius 2 is 1.94 bits per heavy atom. The van der Waals surface area contributed by atoms with Crippen LogP contribution in [0, 0.1) is 17.8 Å². The molecule has 1 saturated carbocycles. The lowest BCUT2D eigenvalue weighted by Gasteiger charge is -2.32. The average Bonchev–Trinajstić information content (AvgIpc) is 2.26. The van der Waals surface area contributed by atoms with Crippen LogP contribution in [-0.4, -0.2) is 18.0 Å². The molecule has 0 aromatic carbocycles. The molecule has 106 valence electrons. The van der Waals surface area contributed by atoms with E-state index < -0.39 is 0 Å². The molecule has 0 radical (unpaired) electrons. The maximum atomic E-state index is 12.2. The van der Waals surface area contributed by atoms with Gasteiger partial charge in [0.25, 0.3) is 0 Å². The van der Waals surface area contributed by atoms with Gasteiger partial charge in [-0.05, 0) is 50.9 Å². The van der Waals surface area contributed by atoms with E-state index in [2.05, 4.69) is 33.0 Å². The molecule has 1 aliphatic rings. The van der Waals surface area contributed by atoms with Crippen molar-refractivity contribution in [3.8, 4) is 0 Å². The Bertz CT molecular complexity index is 265. The zero-order valence-electron chi connectivity index (χ0n) is 12.4. The highest BCUT2D eigenvalue weighted by molar-refractivity contribution is 5.79. The van der Waals surface area contributed by atoms with E-state index >= 15 is 0 Å². The van der Waals surface area contributed by atoms with Crippen molar-refractivity contribution in [2.24, 2.45) is 23.5 Å². The largest absolute Gasteiger partial charge is 0.353 e. The number of amides is 1. The molecule has 0 heterocycles. The molecule has 3 N–H and O–H groups in total. The van der Waals surface area contributed by atoms with Gasteiger partial charge in [0.05, 0.1) is 0 Å². The first-order valence-corrected chi connectivity index (χ1v) is 7.46. The smallest absolute Gasteiger partial charge is 0.223 e. The Balaban J connectivity index is 2.35. The predicted molar refractivity (Wildman–Crippen MR) is 76.2 cm³/mol. The molecule has 18 heavy (non-hydrogen) atoms. The number of carbonyl (C=O) groups excluding carboxylic acids is 1. The van der Waals surface area contributed by atoms with Crippen molar-refractivity contribution in [2.75, 3.05) is 0 Å². The summed E-state index contributed by atoms with van der Waals surface area (Å²) < 4.78 is 0. The molecule has 4 unspecified atom stereocenters. The zero-order valence-corrected chi connectivity index (χ0v) is 12.4. The van der Waals surface area contributed by atoms with Gasteiger partial charge in [-0.1, -0.05) is 20.8 Å². The highest BCUT2D eigenvalue weighted by Crippen LogP contribution is 2.29. The number of hydrogen-bond acceptors (Lipinski definition) is 2. The molecule has 0 spiro atoms. The van der Waals surface area contributed by atoms with Gasteiger partial charge in [0.1, 0.15) is 0 Å². The van der Waals surface area contributed by atoms with Crippen LogP contribution < -0.4 is 11.1 Å². The van der Waals surface area contributed by atoms with Crippen LogP contribution >= 0.6 is 0 Å². The average molecular weight is 254 g/mol. The van der Waals surface area contributed by atoms with Crippen LogP contribution in [-0.2, 0) is 4.79 Å². The number of nitrogens with one attached hydrogen (secondary N) is 1. The van der Waals surface area contributed by atoms with Gasteiger partial charge < -0.3 is 11.1 Å². The van der Waals surface area contributed by atoms with E-state index in [1.54, 1.807) is 0 Å². The maximum Gasteiger partial charge on any atom is 0.223 e. The molecular formula is C15H30N2O. The maximum absolute atomic E-state index is 12.2. The Hall–Kier alpha value is -0.570. The molecule has 0 aromatic heterocycles. The van der Waals surface area contributed by atoms with Crippen molar-refractivity contribution in [3.05, 3.63) is 0 Å². The SMILES string of the molecule is CC(C)CCC(C)NC(=O)C1CCC(N)CC1C. The van der Waals surface area contributed by atoms with Crippen LogP contribution in [0.15, 0.2) is 0 Å². The van der Waals surface area contributed by atoms with Crippen molar-refractivity contribution in [3.63, 3.8) is 0 Å². The van der Waals surface area contributed by atoms with E-state index in [4.69, 9.17) is 5.73 Å². The highest BCUT2D eigenvalue weighted by atomic mass is 16.1. The molecule has 3 nitrogen and oxygen atoms in total. The summed E-state index contributed by atoms with van der Waals surface area (Å²) in [5.74, 6) is 1.54. The van der Waals surface area contributed by atoms with E-state index in [0.717, 1.165) is 25.7 Å². The fraction of sp³-hybridized carbons (Fsp3) is 0.933. The summed E-state index contributed by atoms with van der Waals surface area (Å²) in [5.41, 5.74) is 5.94. The fourth-order valence-electron chi connectivity index (χ4n) is 2.83. The summed E-state index contributed by atoms with van der Waals surface area (Å²) in [6.45, 7) is 8.71. The summed E-state index contributed by atoms with van der Waals surface area (Å²) >= 11 is 0. The molecular weight excluding hydrogens is 224 g/mol. The van der Waals surface area contributed by atoms with Crippen molar-refractivity contribution >= 4 is 5.91 Å². The third-order valence-corrected chi connectivity index (χ3v) is 4.11. The second-order valence-corrected chi connectivity index (χ2v) is 6.54. The minimum atomic E-state index is 0.172. The number of carbonyl (C=O) groups is 1. The molecule has 3 heteroatoms. The third kappa shape index (κ3) is 4.97.